The Hall–Kier alpha value is -1.60. The third-order valence-corrected chi connectivity index (χ3v) is 4.09. The minimum atomic E-state index is 0.371. The van der Waals surface area contributed by atoms with Crippen molar-refractivity contribution in [2.45, 2.75) is 40.2 Å². The maximum atomic E-state index is 3.47. The smallest absolute Gasteiger partial charge is 0.0361 e. The van der Waals surface area contributed by atoms with E-state index in [1.54, 1.807) is 0 Å². The summed E-state index contributed by atoms with van der Waals surface area (Å²) in [4.78, 5) is 0. The summed E-state index contributed by atoms with van der Waals surface area (Å²) < 4.78 is 0. The molecule has 0 aliphatic rings. The van der Waals surface area contributed by atoms with Crippen LogP contribution in [0.5, 0.6) is 0 Å². The second-order valence-corrected chi connectivity index (χ2v) is 5.83. The van der Waals surface area contributed by atoms with Gasteiger partial charge >= 0.3 is 0 Å². The van der Waals surface area contributed by atoms with Crippen LogP contribution in [0.25, 0.3) is 0 Å². The Morgan fingerprint density at radius 3 is 2.20 bits per heavy atom. The average molecular weight is 267 g/mol. The van der Waals surface area contributed by atoms with Crippen LogP contribution in [-0.2, 0) is 6.42 Å². The first-order valence-electron chi connectivity index (χ1n) is 7.32. The Labute approximate surface area is 123 Å². The van der Waals surface area contributed by atoms with E-state index in [4.69, 9.17) is 0 Å². The van der Waals surface area contributed by atoms with E-state index in [1.165, 1.54) is 33.4 Å². The van der Waals surface area contributed by atoms with Gasteiger partial charge < -0.3 is 5.32 Å². The number of nitrogens with one attached hydrogen (secondary N) is 1. The number of aryl methyl sites for hydroxylation is 3. The third-order valence-electron chi connectivity index (χ3n) is 4.09. The summed E-state index contributed by atoms with van der Waals surface area (Å²) >= 11 is 0. The second-order valence-electron chi connectivity index (χ2n) is 5.83. The van der Waals surface area contributed by atoms with Gasteiger partial charge in [0.25, 0.3) is 0 Å². The second kappa shape index (κ2) is 6.23. The molecule has 20 heavy (non-hydrogen) atoms. The predicted octanol–water partition coefficient (Wildman–Crippen LogP) is 4.42. The van der Waals surface area contributed by atoms with Crippen LogP contribution in [-0.4, -0.2) is 7.05 Å². The van der Waals surface area contributed by atoms with Gasteiger partial charge in [0.15, 0.2) is 0 Å². The van der Waals surface area contributed by atoms with E-state index >= 15 is 0 Å². The fourth-order valence-electron chi connectivity index (χ4n) is 2.94. The molecule has 1 unspecified atom stereocenters. The summed E-state index contributed by atoms with van der Waals surface area (Å²) in [6.07, 6.45) is 1.03. The lowest BCUT2D eigenvalue weighted by Crippen LogP contribution is -2.20. The Bertz CT molecular complexity index is 578. The molecule has 1 heteroatoms. The van der Waals surface area contributed by atoms with E-state index in [9.17, 15) is 0 Å². The molecule has 0 amide bonds. The first-order valence-corrected chi connectivity index (χ1v) is 7.32. The number of rotatable bonds is 4. The normalized spacial score (nSPS) is 12.4. The molecule has 1 nitrogen and oxygen atoms in total. The molecule has 0 radical (unpaired) electrons. The van der Waals surface area contributed by atoms with Crippen molar-refractivity contribution in [2.24, 2.45) is 0 Å². The zero-order valence-electron chi connectivity index (χ0n) is 13.2. The van der Waals surface area contributed by atoms with Crippen molar-refractivity contribution in [1.82, 2.24) is 5.32 Å². The van der Waals surface area contributed by atoms with Gasteiger partial charge in [0.05, 0.1) is 0 Å². The number of likely N-dealkylation sites (N-methyl/N-ethyl adjacent to an activating group) is 1. The number of hydrogen-bond acceptors (Lipinski definition) is 1. The maximum Gasteiger partial charge on any atom is 0.0361 e. The molecule has 0 spiro atoms. The van der Waals surface area contributed by atoms with Crippen molar-refractivity contribution < 1.29 is 0 Å². The standard InChI is InChI=1S/C19H25N/c1-13-9-14(2)11-17(10-13)12-19(20-5)18-8-6-7-15(3)16(18)4/h6-11,19-20H,12H2,1-5H3. The zero-order valence-corrected chi connectivity index (χ0v) is 13.2. The highest BCUT2D eigenvalue weighted by atomic mass is 14.9. The van der Waals surface area contributed by atoms with Crippen molar-refractivity contribution in [3.8, 4) is 0 Å². The van der Waals surface area contributed by atoms with E-state index in [0.29, 0.717) is 6.04 Å². The van der Waals surface area contributed by atoms with Crippen LogP contribution in [0, 0.1) is 27.7 Å². The highest BCUT2D eigenvalue weighted by molar-refractivity contribution is 5.37. The SMILES string of the molecule is CNC(Cc1cc(C)cc(C)c1)c1cccc(C)c1C. The Kier molecular flexibility index (Phi) is 4.61. The lowest BCUT2D eigenvalue weighted by molar-refractivity contribution is 0.588. The van der Waals surface area contributed by atoms with Crippen LogP contribution in [0.4, 0.5) is 0 Å². The van der Waals surface area contributed by atoms with Gasteiger partial charge in [-0.1, -0.05) is 47.5 Å². The molecule has 0 saturated heterocycles. The summed E-state index contributed by atoms with van der Waals surface area (Å²) in [5, 5.41) is 3.47. The summed E-state index contributed by atoms with van der Waals surface area (Å²) in [5.74, 6) is 0. The number of hydrogen-bond donors (Lipinski definition) is 1. The van der Waals surface area contributed by atoms with Crippen LogP contribution in [0.2, 0.25) is 0 Å². The molecule has 2 aromatic rings. The Morgan fingerprint density at radius 1 is 0.950 bits per heavy atom. The molecule has 106 valence electrons. The van der Waals surface area contributed by atoms with Crippen molar-refractivity contribution in [3.63, 3.8) is 0 Å². The molecule has 0 bridgehead atoms. The van der Waals surface area contributed by atoms with Crippen LogP contribution >= 0.6 is 0 Å². The lowest BCUT2D eigenvalue weighted by Gasteiger charge is -2.20. The molecule has 1 atom stereocenters. The zero-order chi connectivity index (χ0) is 14.7. The van der Waals surface area contributed by atoms with Crippen molar-refractivity contribution in [1.29, 1.82) is 0 Å². The molecular formula is C19H25N. The lowest BCUT2D eigenvalue weighted by atomic mass is 9.92. The molecule has 0 aromatic heterocycles. The molecular weight excluding hydrogens is 242 g/mol. The highest BCUT2D eigenvalue weighted by Gasteiger charge is 2.13. The van der Waals surface area contributed by atoms with Gasteiger partial charge in [0, 0.05) is 6.04 Å². The van der Waals surface area contributed by atoms with Gasteiger partial charge in [0.2, 0.25) is 0 Å². The van der Waals surface area contributed by atoms with Crippen LogP contribution in [0.3, 0.4) is 0 Å². The fourth-order valence-corrected chi connectivity index (χ4v) is 2.94. The van der Waals surface area contributed by atoms with Crippen molar-refractivity contribution in [2.75, 3.05) is 7.05 Å². The van der Waals surface area contributed by atoms with E-state index in [1.807, 2.05) is 0 Å². The van der Waals surface area contributed by atoms with E-state index in [0.717, 1.165) is 6.42 Å². The van der Waals surface area contributed by atoms with Crippen molar-refractivity contribution >= 4 is 0 Å². The van der Waals surface area contributed by atoms with E-state index in [2.05, 4.69) is 76.5 Å². The highest BCUT2D eigenvalue weighted by Crippen LogP contribution is 2.24. The largest absolute Gasteiger partial charge is 0.313 e. The van der Waals surface area contributed by atoms with Gasteiger partial charge in [0.1, 0.15) is 0 Å². The first kappa shape index (κ1) is 14.8. The first-order chi connectivity index (χ1) is 9.51. The monoisotopic (exact) mass is 267 g/mol. The molecule has 1 N–H and O–H groups in total. The van der Waals surface area contributed by atoms with Crippen LogP contribution in [0.1, 0.15) is 39.4 Å². The Balaban J connectivity index is 2.31. The van der Waals surface area contributed by atoms with Gasteiger partial charge in [-0.15, -0.1) is 0 Å². The Morgan fingerprint density at radius 2 is 1.60 bits per heavy atom. The molecule has 0 heterocycles. The van der Waals surface area contributed by atoms with Crippen LogP contribution in [0.15, 0.2) is 36.4 Å². The quantitative estimate of drug-likeness (QED) is 0.864. The summed E-state index contributed by atoms with van der Waals surface area (Å²) in [6, 6.07) is 13.8. The summed E-state index contributed by atoms with van der Waals surface area (Å²) in [5.41, 5.74) is 8.26. The average Bonchev–Trinajstić information content (AvgIpc) is 2.38. The summed E-state index contributed by atoms with van der Waals surface area (Å²) in [7, 11) is 2.05. The van der Waals surface area contributed by atoms with Crippen LogP contribution < -0.4 is 5.32 Å². The molecule has 0 aliphatic heterocycles. The van der Waals surface area contributed by atoms with E-state index in [-0.39, 0.29) is 0 Å². The third kappa shape index (κ3) is 3.29. The molecule has 0 fully saturated rings. The predicted molar refractivity (Wildman–Crippen MR) is 87.3 cm³/mol. The van der Waals surface area contributed by atoms with Gasteiger partial charge in [-0.25, -0.2) is 0 Å². The molecule has 0 aliphatic carbocycles. The summed E-state index contributed by atoms with van der Waals surface area (Å²) in [6.45, 7) is 8.74. The van der Waals surface area contributed by atoms with Gasteiger partial charge in [-0.05, 0) is 63.4 Å². The molecule has 2 aromatic carbocycles. The van der Waals surface area contributed by atoms with Crippen molar-refractivity contribution in [3.05, 3.63) is 69.8 Å². The molecule has 2 rings (SSSR count). The number of benzene rings is 2. The minimum Gasteiger partial charge on any atom is -0.313 e. The van der Waals surface area contributed by atoms with E-state index < -0.39 is 0 Å². The van der Waals surface area contributed by atoms with Gasteiger partial charge in [-0.2, -0.15) is 0 Å². The topological polar surface area (TPSA) is 12.0 Å². The van der Waals surface area contributed by atoms with Gasteiger partial charge in [-0.3, -0.25) is 0 Å². The fraction of sp³-hybridized carbons (Fsp3) is 0.368. The minimum absolute atomic E-state index is 0.371. The maximum absolute atomic E-state index is 3.47. The molecule has 0 saturated carbocycles.